The van der Waals surface area contributed by atoms with Crippen LogP contribution in [0.25, 0.3) is 10.2 Å². The molecule has 1 aromatic carbocycles. The van der Waals surface area contributed by atoms with E-state index in [1.165, 1.54) is 11.3 Å². The second-order valence-corrected chi connectivity index (χ2v) is 6.60. The first-order valence-corrected chi connectivity index (χ1v) is 7.94. The summed E-state index contributed by atoms with van der Waals surface area (Å²) in [5.41, 5.74) is 6.99. The number of anilines is 2. The van der Waals surface area contributed by atoms with Crippen molar-refractivity contribution in [3.05, 3.63) is 50.9 Å². The van der Waals surface area contributed by atoms with E-state index >= 15 is 0 Å². The lowest BCUT2D eigenvalue weighted by Gasteiger charge is -2.07. The lowest BCUT2D eigenvalue weighted by atomic mass is 10.2. The zero-order valence-corrected chi connectivity index (χ0v) is 13.7. The summed E-state index contributed by atoms with van der Waals surface area (Å²) in [6, 6.07) is 8.88. The highest BCUT2D eigenvalue weighted by Gasteiger charge is 2.17. The highest BCUT2D eigenvalue weighted by molar-refractivity contribution is 9.10. The molecule has 0 aliphatic rings. The van der Waals surface area contributed by atoms with Crippen molar-refractivity contribution in [1.82, 2.24) is 4.98 Å². The number of rotatable bonds is 2. The molecule has 0 atom stereocenters. The van der Waals surface area contributed by atoms with Gasteiger partial charge in [0.05, 0.1) is 16.4 Å². The second kappa shape index (κ2) is 5.63. The fourth-order valence-electron chi connectivity index (χ4n) is 1.89. The van der Waals surface area contributed by atoms with Gasteiger partial charge in [-0.05, 0) is 30.3 Å². The minimum absolute atomic E-state index is 0.296. The van der Waals surface area contributed by atoms with Crippen LogP contribution in [0.15, 0.2) is 41.0 Å². The largest absolute Gasteiger partial charge is 0.397 e. The van der Waals surface area contributed by atoms with Crippen molar-refractivity contribution < 1.29 is 4.79 Å². The molecule has 0 spiro atoms. The van der Waals surface area contributed by atoms with Crippen molar-refractivity contribution in [2.45, 2.75) is 0 Å². The molecule has 2 heterocycles. The number of nitrogens with two attached hydrogens (primary N) is 1. The number of carbonyl (C=O) groups is 1. The SMILES string of the molecule is Nc1c(C(=O)Nc2cc(Br)ccc2Cl)sc2ncccc12. The fourth-order valence-corrected chi connectivity index (χ4v) is 3.38. The summed E-state index contributed by atoms with van der Waals surface area (Å²) in [5.74, 6) is -0.296. The van der Waals surface area contributed by atoms with Gasteiger partial charge in [-0.2, -0.15) is 0 Å². The summed E-state index contributed by atoms with van der Waals surface area (Å²) in [7, 11) is 0. The zero-order chi connectivity index (χ0) is 15.0. The Labute approximate surface area is 138 Å². The Morgan fingerprint density at radius 1 is 1.38 bits per heavy atom. The van der Waals surface area contributed by atoms with Gasteiger partial charge in [0.1, 0.15) is 9.71 Å². The van der Waals surface area contributed by atoms with Crippen LogP contribution in [0.3, 0.4) is 0 Å². The summed E-state index contributed by atoms with van der Waals surface area (Å²) in [6.45, 7) is 0. The molecule has 0 bridgehead atoms. The molecular formula is C14H9BrClN3OS. The predicted octanol–water partition coefficient (Wildman–Crippen LogP) is 4.55. The molecule has 0 fully saturated rings. The van der Waals surface area contributed by atoms with Crippen molar-refractivity contribution in [2.24, 2.45) is 0 Å². The molecule has 3 rings (SSSR count). The Hall–Kier alpha value is -1.63. The number of hydrogen-bond acceptors (Lipinski definition) is 4. The van der Waals surface area contributed by atoms with E-state index in [0.29, 0.717) is 21.3 Å². The molecular weight excluding hydrogens is 374 g/mol. The maximum absolute atomic E-state index is 12.4. The molecule has 7 heteroatoms. The average molecular weight is 383 g/mol. The standard InChI is InChI=1S/C14H9BrClN3OS/c15-7-3-4-9(16)10(6-7)19-13(20)12-11(17)8-2-1-5-18-14(8)21-12/h1-6H,17H2,(H,19,20). The summed E-state index contributed by atoms with van der Waals surface area (Å²) >= 11 is 10.7. The van der Waals surface area contributed by atoms with Gasteiger partial charge in [-0.25, -0.2) is 4.98 Å². The summed E-state index contributed by atoms with van der Waals surface area (Å²) in [6.07, 6.45) is 1.67. The minimum Gasteiger partial charge on any atom is -0.397 e. The average Bonchev–Trinajstić information content (AvgIpc) is 2.81. The van der Waals surface area contributed by atoms with E-state index in [4.69, 9.17) is 17.3 Å². The van der Waals surface area contributed by atoms with Gasteiger partial charge < -0.3 is 11.1 Å². The molecule has 0 saturated heterocycles. The molecule has 0 aliphatic carbocycles. The first-order valence-electron chi connectivity index (χ1n) is 5.95. The molecule has 3 N–H and O–H groups in total. The number of nitrogen functional groups attached to an aromatic ring is 1. The number of thiophene rings is 1. The number of fused-ring (bicyclic) bond motifs is 1. The van der Waals surface area contributed by atoms with E-state index in [2.05, 4.69) is 26.2 Å². The number of hydrogen-bond donors (Lipinski definition) is 2. The van der Waals surface area contributed by atoms with Crippen LogP contribution >= 0.6 is 38.9 Å². The van der Waals surface area contributed by atoms with E-state index in [1.807, 2.05) is 6.07 Å². The molecule has 2 aromatic heterocycles. The van der Waals surface area contributed by atoms with E-state index in [1.54, 1.807) is 30.5 Å². The Bertz CT molecular complexity index is 849. The first-order chi connectivity index (χ1) is 10.1. The normalized spacial score (nSPS) is 10.8. The van der Waals surface area contributed by atoms with Gasteiger partial charge in [0.25, 0.3) is 5.91 Å². The van der Waals surface area contributed by atoms with Crippen molar-refractivity contribution in [3.8, 4) is 0 Å². The number of pyridine rings is 1. The monoisotopic (exact) mass is 381 g/mol. The lowest BCUT2D eigenvalue weighted by Crippen LogP contribution is -2.12. The number of amides is 1. The van der Waals surface area contributed by atoms with Gasteiger partial charge in [-0.3, -0.25) is 4.79 Å². The summed E-state index contributed by atoms with van der Waals surface area (Å²) < 4.78 is 0.827. The third-order valence-corrected chi connectivity index (χ3v) is 4.84. The maximum Gasteiger partial charge on any atom is 0.267 e. The van der Waals surface area contributed by atoms with Crippen LogP contribution in [0.2, 0.25) is 5.02 Å². The van der Waals surface area contributed by atoms with Gasteiger partial charge >= 0.3 is 0 Å². The Morgan fingerprint density at radius 3 is 2.95 bits per heavy atom. The smallest absolute Gasteiger partial charge is 0.267 e. The zero-order valence-electron chi connectivity index (χ0n) is 10.6. The van der Waals surface area contributed by atoms with Crippen molar-refractivity contribution in [1.29, 1.82) is 0 Å². The van der Waals surface area contributed by atoms with Crippen LogP contribution in [-0.2, 0) is 0 Å². The van der Waals surface area contributed by atoms with Crippen molar-refractivity contribution in [2.75, 3.05) is 11.1 Å². The van der Waals surface area contributed by atoms with Crippen molar-refractivity contribution in [3.63, 3.8) is 0 Å². The summed E-state index contributed by atoms with van der Waals surface area (Å²) in [5, 5.41) is 4.02. The molecule has 4 nitrogen and oxygen atoms in total. The first kappa shape index (κ1) is 14.3. The number of aromatic nitrogens is 1. The molecule has 0 radical (unpaired) electrons. The third kappa shape index (κ3) is 2.74. The Balaban J connectivity index is 1.97. The van der Waals surface area contributed by atoms with Crippen LogP contribution in [-0.4, -0.2) is 10.9 Å². The van der Waals surface area contributed by atoms with Crippen LogP contribution in [0, 0.1) is 0 Å². The number of halogens is 2. The van der Waals surface area contributed by atoms with Gasteiger partial charge in [0, 0.05) is 16.1 Å². The number of benzene rings is 1. The van der Waals surface area contributed by atoms with E-state index in [-0.39, 0.29) is 5.91 Å². The topological polar surface area (TPSA) is 68.0 Å². The summed E-state index contributed by atoms with van der Waals surface area (Å²) in [4.78, 5) is 17.8. The highest BCUT2D eigenvalue weighted by Crippen LogP contribution is 2.33. The molecule has 106 valence electrons. The fraction of sp³-hybridized carbons (Fsp3) is 0. The minimum atomic E-state index is -0.296. The van der Waals surface area contributed by atoms with Crippen LogP contribution in [0.1, 0.15) is 9.67 Å². The van der Waals surface area contributed by atoms with Gasteiger partial charge in [-0.15, -0.1) is 11.3 Å². The highest BCUT2D eigenvalue weighted by atomic mass is 79.9. The third-order valence-electron chi connectivity index (χ3n) is 2.89. The maximum atomic E-state index is 12.4. The van der Waals surface area contributed by atoms with Crippen molar-refractivity contribution >= 4 is 66.4 Å². The number of nitrogens with zero attached hydrogens (tertiary/aromatic N) is 1. The lowest BCUT2D eigenvalue weighted by molar-refractivity contribution is 0.103. The Kier molecular flexibility index (Phi) is 3.84. The van der Waals surface area contributed by atoms with Crippen LogP contribution in [0.5, 0.6) is 0 Å². The molecule has 0 unspecified atom stereocenters. The van der Waals surface area contributed by atoms with E-state index < -0.39 is 0 Å². The molecule has 21 heavy (non-hydrogen) atoms. The molecule has 1 amide bonds. The second-order valence-electron chi connectivity index (χ2n) is 4.28. The van der Waals surface area contributed by atoms with E-state index in [0.717, 1.165) is 14.7 Å². The predicted molar refractivity (Wildman–Crippen MR) is 91.1 cm³/mol. The number of carbonyl (C=O) groups excluding carboxylic acids is 1. The number of nitrogens with one attached hydrogen (secondary N) is 1. The quantitative estimate of drug-likeness (QED) is 0.683. The van der Waals surface area contributed by atoms with Gasteiger partial charge in [0.2, 0.25) is 0 Å². The van der Waals surface area contributed by atoms with Crippen LogP contribution < -0.4 is 11.1 Å². The van der Waals surface area contributed by atoms with Crippen LogP contribution in [0.4, 0.5) is 11.4 Å². The van der Waals surface area contributed by atoms with E-state index in [9.17, 15) is 4.79 Å². The molecule has 0 saturated carbocycles. The van der Waals surface area contributed by atoms with Gasteiger partial charge in [0.15, 0.2) is 0 Å². The molecule has 3 aromatic rings. The Morgan fingerprint density at radius 2 is 2.19 bits per heavy atom. The van der Waals surface area contributed by atoms with Gasteiger partial charge in [-0.1, -0.05) is 27.5 Å². The molecule has 0 aliphatic heterocycles.